The first-order chi connectivity index (χ1) is 9.79. The van der Waals surface area contributed by atoms with Crippen LogP contribution in [0.2, 0.25) is 0 Å². The van der Waals surface area contributed by atoms with Crippen molar-refractivity contribution in [3.8, 4) is 22.5 Å². The quantitative estimate of drug-likeness (QED) is 0.773. The SMILES string of the molecule is CCc1ccc(-c2onc(N)c2-c2ccccc2)cc1. The second-order valence-corrected chi connectivity index (χ2v) is 4.69. The standard InChI is InChI=1S/C17H16N2O/c1-2-12-8-10-14(11-9-12)16-15(17(18)19-20-16)13-6-4-3-5-7-13/h3-11H,2H2,1H3,(H2,18,19). The maximum Gasteiger partial charge on any atom is 0.176 e. The third kappa shape index (κ3) is 2.18. The molecule has 0 aliphatic rings. The van der Waals surface area contributed by atoms with E-state index in [0.717, 1.165) is 28.9 Å². The summed E-state index contributed by atoms with van der Waals surface area (Å²) < 4.78 is 5.43. The molecule has 3 nitrogen and oxygen atoms in total. The Balaban J connectivity index is 2.11. The number of nitrogens with zero attached hydrogens (tertiary/aromatic N) is 1. The highest BCUT2D eigenvalue weighted by molar-refractivity contribution is 5.86. The van der Waals surface area contributed by atoms with Crippen LogP contribution in [0.1, 0.15) is 12.5 Å². The number of benzene rings is 2. The van der Waals surface area contributed by atoms with Crippen molar-refractivity contribution in [2.45, 2.75) is 13.3 Å². The predicted octanol–water partition coefficient (Wildman–Crippen LogP) is 4.15. The Hall–Kier alpha value is -2.55. The van der Waals surface area contributed by atoms with Crippen molar-refractivity contribution in [3.05, 3.63) is 60.2 Å². The van der Waals surface area contributed by atoms with Gasteiger partial charge >= 0.3 is 0 Å². The number of hydrogen-bond donors (Lipinski definition) is 1. The van der Waals surface area contributed by atoms with E-state index in [-0.39, 0.29) is 0 Å². The molecule has 0 amide bonds. The molecule has 3 heteroatoms. The highest BCUT2D eigenvalue weighted by Crippen LogP contribution is 2.36. The van der Waals surface area contributed by atoms with E-state index in [1.165, 1.54) is 5.56 Å². The minimum atomic E-state index is 0.422. The van der Waals surface area contributed by atoms with Gasteiger partial charge in [0.25, 0.3) is 0 Å². The summed E-state index contributed by atoms with van der Waals surface area (Å²) in [6, 6.07) is 18.2. The third-order valence-corrected chi connectivity index (χ3v) is 3.41. The van der Waals surface area contributed by atoms with Crippen LogP contribution in [0.5, 0.6) is 0 Å². The van der Waals surface area contributed by atoms with Gasteiger partial charge in [0, 0.05) is 5.56 Å². The zero-order valence-corrected chi connectivity index (χ0v) is 11.3. The largest absolute Gasteiger partial charge is 0.380 e. The van der Waals surface area contributed by atoms with Gasteiger partial charge in [-0.15, -0.1) is 0 Å². The van der Waals surface area contributed by atoms with Crippen LogP contribution >= 0.6 is 0 Å². The zero-order chi connectivity index (χ0) is 13.9. The summed E-state index contributed by atoms with van der Waals surface area (Å²) in [7, 11) is 0. The lowest BCUT2D eigenvalue weighted by Crippen LogP contribution is -1.88. The van der Waals surface area contributed by atoms with Crippen LogP contribution < -0.4 is 5.73 Å². The van der Waals surface area contributed by atoms with Gasteiger partial charge in [-0.05, 0) is 17.5 Å². The third-order valence-electron chi connectivity index (χ3n) is 3.41. The van der Waals surface area contributed by atoms with Crippen LogP contribution in [0, 0.1) is 0 Å². The molecule has 2 N–H and O–H groups in total. The van der Waals surface area contributed by atoms with Crippen molar-refractivity contribution in [1.29, 1.82) is 0 Å². The van der Waals surface area contributed by atoms with E-state index in [2.05, 4.69) is 24.2 Å². The highest BCUT2D eigenvalue weighted by atomic mass is 16.5. The minimum absolute atomic E-state index is 0.422. The number of rotatable bonds is 3. The first kappa shape index (κ1) is 12.5. The molecule has 2 aromatic carbocycles. The number of nitrogen functional groups attached to an aromatic ring is 1. The van der Waals surface area contributed by atoms with Gasteiger partial charge in [-0.25, -0.2) is 0 Å². The molecule has 0 radical (unpaired) electrons. The number of aromatic nitrogens is 1. The summed E-state index contributed by atoms with van der Waals surface area (Å²) in [5.74, 6) is 1.14. The van der Waals surface area contributed by atoms with Gasteiger partial charge in [-0.1, -0.05) is 66.7 Å². The first-order valence-electron chi connectivity index (χ1n) is 6.69. The molecule has 0 spiro atoms. The molecule has 1 aromatic heterocycles. The van der Waals surface area contributed by atoms with Crippen LogP contribution in [-0.2, 0) is 6.42 Å². The van der Waals surface area contributed by atoms with Crippen molar-refractivity contribution in [3.63, 3.8) is 0 Å². The number of anilines is 1. The van der Waals surface area contributed by atoms with Crippen LogP contribution in [0.15, 0.2) is 59.1 Å². The molecule has 20 heavy (non-hydrogen) atoms. The molecule has 0 aliphatic carbocycles. The lowest BCUT2D eigenvalue weighted by atomic mass is 10.0. The van der Waals surface area contributed by atoms with Crippen LogP contribution in [-0.4, -0.2) is 5.16 Å². The molecule has 0 saturated carbocycles. The Morgan fingerprint density at radius 3 is 2.30 bits per heavy atom. The Morgan fingerprint density at radius 1 is 0.950 bits per heavy atom. The molecule has 0 aliphatic heterocycles. The fourth-order valence-corrected chi connectivity index (χ4v) is 2.28. The summed E-state index contributed by atoms with van der Waals surface area (Å²) in [5.41, 5.74) is 10.1. The Kier molecular flexibility index (Phi) is 3.25. The monoisotopic (exact) mass is 264 g/mol. The van der Waals surface area contributed by atoms with Gasteiger partial charge in [-0.2, -0.15) is 0 Å². The highest BCUT2D eigenvalue weighted by Gasteiger charge is 2.17. The van der Waals surface area contributed by atoms with Gasteiger partial charge < -0.3 is 10.3 Å². The maximum absolute atomic E-state index is 5.96. The first-order valence-corrected chi connectivity index (χ1v) is 6.69. The average Bonchev–Trinajstić information content (AvgIpc) is 2.90. The van der Waals surface area contributed by atoms with E-state index in [0.29, 0.717) is 5.82 Å². The van der Waals surface area contributed by atoms with Gasteiger partial charge in [0.15, 0.2) is 11.6 Å². The molecule has 0 bridgehead atoms. The molecular weight excluding hydrogens is 248 g/mol. The van der Waals surface area contributed by atoms with Crippen LogP contribution in [0.3, 0.4) is 0 Å². The van der Waals surface area contributed by atoms with Crippen LogP contribution in [0.4, 0.5) is 5.82 Å². The minimum Gasteiger partial charge on any atom is -0.380 e. The number of hydrogen-bond acceptors (Lipinski definition) is 3. The fraction of sp³-hybridized carbons (Fsp3) is 0.118. The smallest absolute Gasteiger partial charge is 0.176 e. The van der Waals surface area contributed by atoms with Crippen molar-refractivity contribution in [1.82, 2.24) is 5.16 Å². The predicted molar refractivity (Wildman–Crippen MR) is 81.2 cm³/mol. The van der Waals surface area contributed by atoms with E-state index in [4.69, 9.17) is 10.3 Å². The van der Waals surface area contributed by atoms with Gasteiger partial charge in [-0.3, -0.25) is 0 Å². The summed E-state index contributed by atoms with van der Waals surface area (Å²) in [6.07, 6.45) is 1.02. The van der Waals surface area contributed by atoms with E-state index in [1.807, 2.05) is 42.5 Å². The van der Waals surface area contributed by atoms with Gasteiger partial charge in [0.1, 0.15) is 0 Å². The normalized spacial score (nSPS) is 10.7. The zero-order valence-electron chi connectivity index (χ0n) is 11.3. The number of aryl methyl sites for hydroxylation is 1. The molecule has 0 fully saturated rings. The van der Waals surface area contributed by atoms with Crippen LogP contribution in [0.25, 0.3) is 22.5 Å². The molecule has 0 unspecified atom stereocenters. The summed E-state index contributed by atoms with van der Waals surface area (Å²) in [6.45, 7) is 2.14. The van der Waals surface area contributed by atoms with Crippen molar-refractivity contribution in [2.24, 2.45) is 0 Å². The summed E-state index contributed by atoms with van der Waals surface area (Å²) in [4.78, 5) is 0. The second-order valence-electron chi connectivity index (χ2n) is 4.69. The Morgan fingerprint density at radius 2 is 1.65 bits per heavy atom. The van der Waals surface area contributed by atoms with Crippen molar-refractivity contribution >= 4 is 5.82 Å². The molecule has 3 aromatic rings. The molecule has 0 atom stereocenters. The Bertz CT molecular complexity index is 700. The lowest BCUT2D eigenvalue weighted by Gasteiger charge is -2.03. The van der Waals surface area contributed by atoms with Crippen molar-refractivity contribution in [2.75, 3.05) is 5.73 Å². The second kappa shape index (κ2) is 5.21. The molecular formula is C17H16N2O. The summed E-state index contributed by atoms with van der Waals surface area (Å²) in [5, 5.41) is 3.91. The number of nitrogens with two attached hydrogens (primary N) is 1. The Labute approximate surface area is 118 Å². The van der Waals surface area contributed by atoms with Crippen molar-refractivity contribution < 1.29 is 4.52 Å². The van der Waals surface area contributed by atoms with E-state index >= 15 is 0 Å². The van der Waals surface area contributed by atoms with E-state index < -0.39 is 0 Å². The topological polar surface area (TPSA) is 52.0 Å². The van der Waals surface area contributed by atoms with E-state index in [1.54, 1.807) is 0 Å². The molecule has 0 saturated heterocycles. The lowest BCUT2D eigenvalue weighted by molar-refractivity contribution is 0.436. The summed E-state index contributed by atoms with van der Waals surface area (Å²) >= 11 is 0. The van der Waals surface area contributed by atoms with Gasteiger partial charge in [0.05, 0.1) is 5.56 Å². The average molecular weight is 264 g/mol. The van der Waals surface area contributed by atoms with E-state index in [9.17, 15) is 0 Å². The van der Waals surface area contributed by atoms with Gasteiger partial charge in [0.2, 0.25) is 0 Å². The molecule has 100 valence electrons. The fourth-order valence-electron chi connectivity index (χ4n) is 2.28. The molecule has 1 heterocycles. The molecule has 3 rings (SSSR count). The maximum atomic E-state index is 5.96.